The highest BCUT2D eigenvalue weighted by molar-refractivity contribution is 7.90. The number of Topliss-reactive ketones (excluding diaryl/α,β-unsaturated/α-hetero) is 1. The summed E-state index contributed by atoms with van der Waals surface area (Å²) in [6, 6.07) is 13.1. The molecule has 0 fully saturated rings. The van der Waals surface area contributed by atoms with E-state index >= 15 is 0 Å². The fourth-order valence-corrected chi connectivity index (χ4v) is 3.46. The zero-order valence-electron chi connectivity index (χ0n) is 12.2. The Kier molecular flexibility index (Phi) is 3.92. The predicted octanol–water partition coefficient (Wildman–Crippen LogP) is 3.49. The molecular formula is C17H12ClNO3S. The van der Waals surface area contributed by atoms with Gasteiger partial charge in [-0.3, -0.25) is 4.79 Å². The largest absolute Gasteiger partial charge is 0.288 e. The van der Waals surface area contributed by atoms with Crippen LogP contribution in [0.5, 0.6) is 0 Å². The molecule has 0 aliphatic heterocycles. The molecule has 0 radical (unpaired) electrons. The number of nitrogens with zero attached hydrogens (tertiary/aromatic N) is 1. The topological polar surface area (TPSA) is 63.6 Å². The summed E-state index contributed by atoms with van der Waals surface area (Å²) in [5.41, 5.74) is 1.91. The van der Waals surface area contributed by atoms with Crippen LogP contribution in [0.15, 0.2) is 68.9 Å². The molecule has 2 aromatic carbocycles. The van der Waals surface area contributed by atoms with Gasteiger partial charge in [0, 0.05) is 11.1 Å². The molecule has 0 saturated heterocycles. The van der Waals surface area contributed by atoms with Crippen LogP contribution >= 0.6 is 11.6 Å². The minimum atomic E-state index is -3.89. The lowest BCUT2D eigenvalue weighted by Crippen LogP contribution is -2.16. The molecule has 0 amide bonds. The highest BCUT2D eigenvalue weighted by atomic mass is 35.5. The van der Waals surface area contributed by atoms with E-state index in [1.54, 1.807) is 36.4 Å². The van der Waals surface area contributed by atoms with Gasteiger partial charge in [-0.25, -0.2) is 0 Å². The molecule has 4 nitrogen and oxygen atoms in total. The molecule has 0 unspecified atom stereocenters. The molecule has 0 heterocycles. The first-order valence-electron chi connectivity index (χ1n) is 6.81. The summed E-state index contributed by atoms with van der Waals surface area (Å²) in [4.78, 5) is 12.1. The van der Waals surface area contributed by atoms with Crippen molar-refractivity contribution in [1.82, 2.24) is 0 Å². The first-order valence-corrected chi connectivity index (χ1v) is 8.63. The van der Waals surface area contributed by atoms with E-state index in [2.05, 4.69) is 4.40 Å². The van der Waals surface area contributed by atoms with Crippen LogP contribution < -0.4 is 0 Å². The molecule has 1 aliphatic rings. The molecule has 3 rings (SSSR count). The van der Waals surface area contributed by atoms with Gasteiger partial charge >= 0.3 is 0 Å². The van der Waals surface area contributed by atoms with Crippen molar-refractivity contribution < 1.29 is 13.2 Å². The van der Waals surface area contributed by atoms with Crippen molar-refractivity contribution in [2.75, 3.05) is 0 Å². The number of rotatable bonds is 2. The van der Waals surface area contributed by atoms with Crippen molar-refractivity contribution in [3.05, 3.63) is 76.3 Å². The Hall–Kier alpha value is -2.24. The van der Waals surface area contributed by atoms with E-state index in [0.29, 0.717) is 11.1 Å². The number of hydrogen-bond donors (Lipinski definition) is 0. The van der Waals surface area contributed by atoms with Crippen molar-refractivity contribution >= 4 is 33.1 Å². The lowest BCUT2D eigenvalue weighted by Gasteiger charge is -2.14. The number of carbonyl (C=O) groups is 1. The molecule has 0 N–H and O–H groups in total. The van der Waals surface area contributed by atoms with Crippen LogP contribution in [-0.2, 0) is 10.0 Å². The number of aryl methyl sites for hydroxylation is 1. The Morgan fingerprint density at radius 3 is 2.22 bits per heavy atom. The van der Waals surface area contributed by atoms with E-state index in [9.17, 15) is 13.2 Å². The van der Waals surface area contributed by atoms with Crippen molar-refractivity contribution in [3.63, 3.8) is 0 Å². The average molecular weight is 346 g/mol. The third-order valence-corrected chi connectivity index (χ3v) is 5.05. The van der Waals surface area contributed by atoms with Gasteiger partial charge in [0.1, 0.15) is 0 Å². The second kappa shape index (κ2) is 5.76. The van der Waals surface area contributed by atoms with Crippen LogP contribution in [0.1, 0.15) is 21.5 Å². The molecule has 0 aromatic heterocycles. The zero-order valence-corrected chi connectivity index (χ0v) is 13.7. The van der Waals surface area contributed by atoms with Crippen LogP contribution in [0.3, 0.4) is 0 Å². The average Bonchev–Trinajstić information content (AvgIpc) is 2.52. The second-order valence-electron chi connectivity index (χ2n) is 5.13. The van der Waals surface area contributed by atoms with E-state index < -0.39 is 10.0 Å². The van der Waals surface area contributed by atoms with Gasteiger partial charge in [-0.1, -0.05) is 53.6 Å². The maximum Gasteiger partial charge on any atom is 0.282 e. The zero-order chi connectivity index (χ0) is 16.6. The van der Waals surface area contributed by atoms with E-state index in [0.717, 1.165) is 5.56 Å². The summed E-state index contributed by atoms with van der Waals surface area (Å²) in [6.45, 7) is 1.87. The van der Waals surface area contributed by atoms with Crippen LogP contribution in [0.2, 0.25) is 0 Å². The summed E-state index contributed by atoms with van der Waals surface area (Å²) in [5, 5.41) is -0.0541. The molecule has 116 valence electrons. The Morgan fingerprint density at radius 1 is 0.957 bits per heavy atom. The maximum atomic E-state index is 12.5. The van der Waals surface area contributed by atoms with Crippen molar-refractivity contribution in [2.24, 2.45) is 4.40 Å². The van der Waals surface area contributed by atoms with Crippen LogP contribution in [0, 0.1) is 6.92 Å². The standard InChI is InChI=1S/C17H12ClNO3S/c1-11-6-8-12(9-7-11)23(21,22)19-16-10-15(18)17(20)14-5-3-2-4-13(14)16/h2-10H,1H3/b19-16+. The van der Waals surface area contributed by atoms with Crippen molar-refractivity contribution in [1.29, 1.82) is 0 Å². The Labute approximate surface area is 139 Å². The van der Waals surface area contributed by atoms with Gasteiger partial charge in [0.25, 0.3) is 10.0 Å². The fraction of sp³-hybridized carbons (Fsp3) is 0.0588. The summed E-state index contributed by atoms with van der Waals surface area (Å²) < 4.78 is 28.8. The Bertz CT molecular complexity index is 958. The van der Waals surface area contributed by atoms with Gasteiger partial charge in [-0.15, -0.1) is 0 Å². The molecule has 1 aliphatic carbocycles. The van der Waals surface area contributed by atoms with Gasteiger partial charge < -0.3 is 0 Å². The number of allylic oxidation sites excluding steroid dienone is 2. The molecule has 6 heteroatoms. The first-order chi connectivity index (χ1) is 10.9. The molecule has 23 heavy (non-hydrogen) atoms. The van der Waals surface area contributed by atoms with Gasteiger partial charge in [0.15, 0.2) is 0 Å². The number of carbonyl (C=O) groups excluding carboxylic acids is 1. The number of fused-ring (bicyclic) bond motifs is 1. The monoisotopic (exact) mass is 345 g/mol. The molecule has 0 spiro atoms. The molecule has 2 aromatic rings. The summed E-state index contributed by atoms with van der Waals surface area (Å²) in [6.07, 6.45) is 1.29. The van der Waals surface area contributed by atoms with Crippen molar-refractivity contribution in [3.8, 4) is 0 Å². The quantitative estimate of drug-likeness (QED) is 0.836. The third kappa shape index (κ3) is 2.98. The van der Waals surface area contributed by atoms with E-state index in [1.807, 2.05) is 6.92 Å². The van der Waals surface area contributed by atoms with E-state index in [4.69, 9.17) is 11.6 Å². The number of hydrogen-bond acceptors (Lipinski definition) is 3. The fourth-order valence-electron chi connectivity index (χ4n) is 2.26. The lowest BCUT2D eigenvalue weighted by atomic mass is 9.94. The van der Waals surface area contributed by atoms with E-state index in [-0.39, 0.29) is 21.4 Å². The predicted molar refractivity (Wildman–Crippen MR) is 89.6 cm³/mol. The normalized spacial score (nSPS) is 16.2. The highest BCUT2D eigenvalue weighted by Crippen LogP contribution is 2.25. The number of sulfonamides is 1. The van der Waals surface area contributed by atoms with Crippen LogP contribution in [-0.4, -0.2) is 19.9 Å². The summed E-state index contributed by atoms with van der Waals surface area (Å²) in [7, 11) is -3.89. The third-order valence-electron chi connectivity index (χ3n) is 3.47. The lowest BCUT2D eigenvalue weighted by molar-refractivity contribution is 0.104. The maximum absolute atomic E-state index is 12.5. The SMILES string of the molecule is Cc1ccc(S(=O)(=O)/N=C2\C=C(Cl)C(=O)c3ccccc32)cc1. The molecule has 0 atom stereocenters. The molecule has 0 bridgehead atoms. The van der Waals surface area contributed by atoms with Crippen LogP contribution in [0.25, 0.3) is 0 Å². The van der Waals surface area contributed by atoms with Gasteiger partial charge in [0.05, 0.1) is 15.6 Å². The summed E-state index contributed by atoms with van der Waals surface area (Å²) in [5.74, 6) is -0.339. The Morgan fingerprint density at radius 2 is 1.57 bits per heavy atom. The molecule has 0 saturated carbocycles. The minimum Gasteiger partial charge on any atom is -0.288 e. The van der Waals surface area contributed by atoms with Gasteiger partial charge in [-0.05, 0) is 25.1 Å². The second-order valence-corrected chi connectivity index (χ2v) is 7.14. The molecular weight excluding hydrogens is 334 g/mol. The Balaban J connectivity index is 2.15. The smallest absolute Gasteiger partial charge is 0.282 e. The first kappa shape index (κ1) is 15.6. The van der Waals surface area contributed by atoms with Crippen LogP contribution in [0.4, 0.5) is 0 Å². The summed E-state index contributed by atoms with van der Waals surface area (Å²) >= 11 is 5.92. The van der Waals surface area contributed by atoms with Gasteiger partial charge in [0.2, 0.25) is 5.78 Å². The van der Waals surface area contributed by atoms with Gasteiger partial charge in [-0.2, -0.15) is 12.8 Å². The van der Waals surface area contributed by atoms with Crippen molar-refractivity contribution in [2.45, 2.75) is 11.8 Å². The minimum absolute atomic E-state index is 0.0541. The number of benzene rings is 2. The number of halogens is 1. The highest BCUT2D eigenvalue weighted by Gasteiger charge is 2.24. The van der Waals surface area contributed by atoms with E-state index in [1.165, 1.54) is 18.2 Å². The number of ketones is 1.